The zero-order valence-electron chi connectivity index (χ0n) is 9.54. The molecule has 16 heavy (non-hydrogen) atoms. The lowest BCUT2D eigenvalue weighted by Gasteiger charge is -2.33. The van der Waals surface area contributed by atoms with E-state index < -0.39 is 0 Å². The third-order valence-corrected chi connectivity index (χ3v) is 2.90. The number of ether oxygens (including phenoxy) is 1. The van der Waals surface area contributed by atoms with Gasteiger partial charge in [-0.05, 0) is 6.92 Å². The average Bonchev–Trinajstić information content (AvgIpc) is 2.77. The molecule has 1 fully saturated rings. The highest BCUT2D eigenvalue weighted by Gasteiger charge is 2.23. The molecule has 1 aliphatic rings. The van der Waals surface area contributed by atoms with Crippen molar-refractivity contribution in [2.45, 2.75) is 26.1 Å². The van der Waals surface area contributed by atoms with Gasteiger partial charge in [-0.25, -0.2) is 9.67 Å². The van der Waals surface area contributed by atoms with Gasteiger partial charge in [-0.2, -0.15) is 5.10 Å². The van der Waals surface area contributed by atoms with Gasteiger partial charge in [0.15, 0.2) is 0 Å². The molecule has 2 heterocycles. The summed E-state index contributed by atoms with van der Waals surface area (Å²) >= 11 is 0. The average molecular weight is 226 g/mol. The summed E-state index contributed by atoms with van der Waals surface area (Å²) in [5.41, 5.74) is 0. The van der Waals surface area contributed by atoms with Crippen molar-refractivity contribution in [3.05, 3.63) is 12.2 Å². The lowest BCUT2D eigenvalue weighted by Crippen LogP contribution is -2.47. The van der Waals surface area contributed by atoms with Crippen LogP contribution in [0.1, 0.15) is 12.7 Å². The maximum atomic E-state index is 9.25. The van der Waals surface area contributed by atoms with Crippen LogP contribution in [0.4, 0.5) is 0 Å². The summed E-state index contributed by atoms with van der Waals surface area (Å²) in [6.07, 6.45) is 1.58. The van der Waals surface area contributed by atoms with Gasteiger partial charge in [0, 0.05) is 13.1 Å². The number of hydrogen-bond donors (Lipinski definition) is 1. The highest BCUT2D eigenvalue weighted by Crippen LogP contribution is 2.10. The van der Waals surface area contributed by atoms with Gasteiger partial charge >= 0.3 is 0 Å². The molecular formula is C10H18N4O2. The van der Waals surface area contributed by atoms with E-state index in [0.29, 0.717) is 6.61 Å². The predicted molar refractivity (Wildman–Crippen MR) is 57.8 cm³/mol. The number of nitrogens with zero attached hydrogens (tertiary/aromatic N) is 4. The molecule has 0 spiro atoms. The number of rotatable bonds is 4. The normalized spacial score (nSPS) is 22.5. The molecule has 1 saturated heterocycles. The molecule has 0 aliphatic carbocycles. The summed E-state index contributed by atoms with van der Waals surface area (Å²) in [7, 11) is 0. The van der Waals surface area contributed by atoms with Crippen LogP contribution in [0.3, 0.4) is 0 Å². The minimum Gasteiger partial charge on any atom is -0.395 e. The first-order valence-electron chi connectivity index (χ1n) is 5.64. The summed E-state index contributed by atoms with van der Waals surface area (Å²) in [5.74, 6) is 0.947. The molecule has 2 rings (SSSR count). The number of morpholine rings is 1. The molecule has 0 bridgehead atoms. The van der Waals surface area contributed by atoms with Crippen molar-refractivity contribution in [1.82, 2.24) is 19.7 Å². The molecule has 1 unspecified atom stereocenters. The summed E-state index contributed by atoms with van der Waals surface area (Å²) in [6, 6.07) is 0.0794. The Bertz CT molecular complexity index is 328. The first kappa shape index (κ1) is 11.5. The largest absolute Gasteiger partial charge is 0.395 e. The van der Waals surface area contributed by atoms with Crippen LogP contribution in [0.5, 0.6) is 0 Å². The minimum atomic E-state index is 0.0794. The maximum Gasteiger partial charge on any atom is 0.141 e. The van der Waals surface area contributed by atoms with Crippen LogP contribution in [0.2, 0.25) is 0 Å². The summed E-state index contributed by atoms with van der Waals surface area (Å²) in [5, 5.41) is 13.4. The van der Waals surface area contributed by atoms with Crippen LogP contribution in [-0.2, 0) is 17.8 Å². The zero-order chi connectivity index (χ0) is 11.4. The highest BCUT2D eigenvalue weighted by atomic mass is 16.5. The van der Waals surface area contributed by atoms with E-state index in [0.717, 1.165) is 32.1 Å². The van der Waals surface area contributed by atoms with Crippen LogP contribution in [-0.4, -0.2) is 57.2 Å². The summed E-state index contributed by atoms with van der Waals surface area (Å²) in [6.45, 7) is 5.86. The van der Waals surface area contributed by atoms with Gasteiger partial charge in [0.2, 0.25) is 0 Å². The van der Waals surface area contributed by atoms with Crippen molar-refractivity contribution in [3.63, 3.8) is 0 Å². The van der Waals surface area contributed by atoms with Crippen LogP contribution >= 0.6 is 0 Å². The van der Waals surface area contributed by atoms with Crippen molar-refractivity contribution < 1.29 is 9.84 Å². The van der Waals surface area contributed by atoms with E-state index in [2.05, 4.69) is 15.0 Å². The Morgan fingerprint density at radius 3 is 3.25 bits per heavy atom. The van der Waals surface area contributed by atoms with Crippen LogP contribution in [0.25, 0.3) is 0 Å². The molecule has 6 nitrogen and oxygen atoms in total. The van der Waals surface area contributed by atoms with E-state index in [1.165, 1.54) is 0 Å². The second-order valence-electron chi connectivity index (χ2n) is 3.87. The molecule has 1 atom stereocenters. The van der Waals surface area contributed by atoms with Gasteiger partial charge in [0.25, 0.3) is 0 Å². The van der Waals surface area contributed by atoms with Gasteiger partial charge in [0.05, 0.1) is 32.4 Å². The number of hydrogen-bond acceptors (Lipinski definition) is 5. The Balaban J connectivity index is 2.02. The zero-order valence-corrected chi connectivity index (χ0v) is 9.54. The van der Waals surface area contributed by atoms with Crippen molar-refractivity contribution >= 4 is 0 Å². The third-order valence-electron chi connectivity index (χ3n) is 2.90. The number of aliphatic hydroxyl groups excluding tert-OH is 1. The van der Waals surface area contributed by atoms with Gasteiger partial charge < -0.3 is 9.84 Å². The van der Waals surface area contributed by atoms with E-state index in [-0.39, 0.29) is 12.6 Å². The Morgan fingerprint density at radius 2 is 2.50 bits per heavy atom. The Morgan fingerprint density at radius 1 is 1.62 bits per heavy atom. The third kappa shape index (κ3) is 2.40. The van der Waals surface area contributed by atoms with Crippen molar-refractivity contribution in [2.24, 2.45) is 0 Å². The van der Waals surface area contributed by atoms with Gasteiger partial charge in [-0.15, -0.1) is 0 Å². The first-order chi connectivity index (χ1) is 7.85. The molecule has 1 N–H and O–H groups in total. The molecular weight excluding hydrogens is 208 g/mol. The predicted octanol–water partition coefficient (Wildman–Crippen LogP) is -0.509. The van der Waals surface area contributed by atoms with Crippen molar-refractivity contribution in [2.75, 3.05) is 26.4 Å². The smallest absolute Gasteiger partial charge is 0.141 e. The van der Waals surface area contributed by atoms with Gasteiger partial charge in [0.1, 0.15) is 12.2 Å². The van der Waals surface area contributed by atoms with E-state index in [9.17, 15) is 5.11 Å². The molecule has 1 aromatic heterocycles. The summed E-state index contributed by atoms with van der Waals surface area (Å²) in [4.78, 5) is 6.43. The van der Waals surface area contributed by atoms with E-state index in [1.807, 2.05) is 11.6 Å². The Kier molecular flexibility index (Phi) is 3.87. The number of aryl methyl sites for hydroxylation is 1. The van der Waals surface area contributed by atoms with Crippen LogP contribution < -0.4 is 0 Å². The second-order valence-corrected chi connectivity index (χ2v) is 3.87. The van der Waals surface area contributed by atoms with Crippen LogP contribution in [0.15, 0.2) is 6.33 Å². The second kappa shape index (κ2) is 5.38. The monoisotopic (exact) mass is 226 g/mol. The SMILES string of the molecule is CCn1ncnc1CN1CCOCC1CO. The highest BCUT2D eigenvalue weighted by molar-refractivity contribution is 4.87. The first-order valence-corrected chi connectivity index (χ1v) is 5.64. The molecule has 1 aliphatic heterocycles. The maximum absolute atomic E-state index is 9.25. The van der Waals surface area contributed by atoms with Gasteiger partial charge in [-0.1, -0.05) is 0 Å². The fourth-order valence-corrected chi connectivity index (χ4v) is 1.92. The lowest BCUT2D eigenvalue weighted by atomic mass is 10.2. The van der Waals surface area contributed by atoms with Crippen molar-refractivity contribution in [1.29, 1.82) is 0 Å². The van der Waals surface area contributed by atoms with Gasteiger partial charge in [-0.3, -0.25) is 4.90 Å². The van der Waals surface area contributed by atoms with Crippen LogP contribution in [0, 0.1) is 0 Å². The van der Waals surface area contributed by atoms with E-state index in [1.54, 1.807) is 6.33 Å². The van der Waals surface area contributed by atoms with E-state index >= 15 is 0 Å². The molecule has 0 saturated carbocycles. The van der Waals surface area contributed by atoms with E-state index in [4.69, 9.17) is 4.74 Å². The topological polar surface area (TPSA) is 63.4 Å². The standard InChI is InChI=1S/C10H18N4O2/c1-2-14-10(11-8-12-14)5-13-3-4-16-7-9(13)6-15/h8-9,15H,2-7H2,1H3. The molecule has 0 radical (unpaired) electrons. The number of aromatic nitrogens is 3. The molecule has 0 aromatic carbocycles. The number of aliphatic hydroxyl groups is 1. The summed E-state index contributed by atoms with van der Waals surface area (Å²) < 4.78 is 7.21. The lowest BCUT2D eigenvalue weighted by molar-refractivity contribution is -0.0327. The molecule has 0 amide bonds. The minimum absolute atomic E-state index is 0.0794. The fraction of sp³-hybridized carbons (Fsp3) is 0.800. The Labute approximate surface area is 94.8 Å². The van der Waals surface area contributed by atoms with Crippen molar-refractivity contribution in [3.8, 4) is 0 Å². The quantitative estimate of drug-likeness (QED) is 0.749. The molecule has 6 heteroatoms. The fourth-order valence-electron chi connectivity index (χ4n) is 1.92. The molecule has 90 valence electrons. The Hall–Kier alpha value is -0.980. The molecule has 1 aromatic rings.